The van der Waals surface area contributed by atoms with E-state index in [4.69, 9.17) is 4.52 Å². The topological polar surface area (TPSA) is 38.1 Å². The summed E-state index contributed by atoms with van der Waals surface area (Å²) in [6.07, 6.45) is 4.11. The highest BCUT2D eigenvalue weighted by Gasteiger charge is 2.18. The first-order chi connectivity index (χ1) is 4.97. The van der Waals surface area contributed by atoms with Crippen LogP contribution >= 0.6 is 0 Å². The van der Waals surface area contributed by atoms with Crippen LogP contribution in [0, 0.1) is 0 Å². The molecular weight excluding hydrogens is 128 g/mol. The predicted molar refractivity (Wildman–Crippen MR) is 36.5 cm³/mol. The highest BCUT2D eigenvalue weighted by molar-refractivity contribution is 5.02. The minimum absolute atomic E-state index is 0.419. The fraction of sp³-hybridized carbons (Fsp3) is 0.571. The summed E-state index contributed by atoms with van der Waals surface area (Å²) in [5, 5.41) is 6.98. The van der Waals surface area contributed by atoms with Gasteiger partial charge < -0.3 is 9.84 Å². The maximum atomic E-state index is 5.00. The van der Waals surface area contributed by atoms with Gasteiger partial charge in [0.25, 0.3) is 0 Å². The van der Waals surface area contributed by atoms with Crippen LogP contribution in [0.3, 0.4) is 0 Å². The summed E-state index contributed by atoms with van der Waals surface area (Å²) in [5.41, 5.74) is 0. The molecule has 0 saturated carbocycles. The van der Waals surface area contributed by atoms with Crippen molar-refractivity contribution < 1.29 is 4.52 Å². The molecule has 2 heterocycles. The van der Waals surface area contributed by atoms with Crippen LogP contribution in [-0.2, 0) is 0 Å². The molecule has 2 rings (SSSR count). The molecule has 1 aliphatic rings. The lowest BCUT2D eigenvalue weighted by Gasteiger charge is -2.02. The first-order valence-electron chi connectivity index (χ1n) is 3.61. The van der Waals surface area contributed by atoms with E-state index >= 15 is 0 Å². The van der Waals surface area contributed by atoms with E-state index in [0.29, 0.717) is 6.04 Å². The van der Waals surface area contributed by atoms with Gasteiger partial charge in [-0.05, 0) is 19.4 Å². The van der Waals surface area contributed by atoms with Gasteiger partial charge >= 0.3 is 0 Å². The van der Waals surface area contributed by atoms with Crippen LogP contribution < -0.4 is 5.32 Å². The molecule has 0 radical (unpaired) electrons. The van der Waals surface area contributed by atoms with E-state index in [1.54, 1.807) is 6.20 Å². The van der Waals surface area contributed by atoms with Crippen LogP contribution in [0.5, 0.6) is 0 Å². The maximum absolute atomic E-state index is 5.00. The highest BCUT2D eigenvalue weighted by Crippen LogP contribution is 2.21. The molecule has 1 saturated heterocycles. The van der Waals surface area contributed by atoms with E-state index in [1.807, 2.05) is 6.07 Å². The molecule has 54 valence electrons. The van der Waals surface area contributed by atoms with Crippen molar-refractivity contribution in [1.29, 1.82) is 0 Å². The molecule has 1 aromatic heterocycles. The Balaban J connectivity index is 2.12. The van der Waals surface area contributed by atoms with E-state index in [0.717, 1.165) is 12.3 Å². The van der Waals surface area contributed by atoms with E-state index in [-0.39, 0.29) is 0 Å². The number of hydrogen-bond acceptors (Lipinski definition) is 3. The number of nitrogens with zero attached hydrogens (tertiary/aromatic N) is 1. The van der Waals surface area contributed by atoms with Crippen molar-refractivity contribution in [2.75, 3.05) is 6.54 Å². The van der Waals surface area contributed by atoms with Crippen LogP contribution in [0.15, 0.2) is 16.8 Å². The summed E-state index contributed by atoms with van der Waals surface area (Å²) < 4.78 is 5.00. The Hall–Kier alpha value is -0.830. The standard InChI is InChI=1S/C7H10N2O/c1-2-6(8-4-1)7-3-5-9-10-7/h3,5-6,8H,1-2,4H2/t6-/m0/s1. The third-order valence-electron chi connectivity index (χ3n) is 1.86. The average Bonchev–Trinajstić information content (AvgIpc) is 2.59. The van der Waals surface area contributed by atoms with Crippen molar-refractivity contribution in [2.45, 2.75) is 18.9 Å². The van der Waals surface area contributed by atoms with Gasteiger partial charge in [-0.25, -0.2) is 0 Å². The van der Waals surface area contributed by atoms with Crippen molar-refractivity contribution in [3.8, 4) is 0 Å². The van der Waals surface area contributed by atoms with Crippen molar-refractivity contribution in [1.82, 2.24) is 10.5 Å². The van der Waals surface area contributed by atoms with Crippen LogP contribution in [0.4, 0.5) is 0 Å². The molecule has 0 unspecified atom stereocenters. The molecular formula is C7H10N2O. The van der Waals surface area contributed by atoms with Gasteiger partial charge in [-0.2, -0.15) is 0 Å². The molecule has 1 fully saturated rings. The normalized spacial score (nSPS) is 25.4. The van der Waals surface area contributed by atoms with E-state index in [1.165, 1.54) is 12.8 Å². The van der Waals surface area contributed by atoms with E-state index in [9.17, 15) is 0 Å². The summed E-state index contributed by atoms with van der Waals surface area (Å²) in [6.45, 7) is 1.10. The largest absolute Gasteiger partial charge is 0.360 e. The van der Waals surface area contributed by atoms with E-state index < -0.39 is 0 Å². The predicted octanol–water partition coefficient (Wildman–Crippen LogP) is 1.10. The van der Waals surface area contributed by atoms with Crippen molar-refractivity contribution in [2.24, 2.45) is 0 Å². The van der Waals surface area contributed by atoms with Gasteiger partial charge in [-0.1, -0.05) is 5.16 Å². The minimum Gasteiger partial charge on any atom is -0.360 e. The summed E-state index contributed by atoms with van der Waals surface area (Å²) >= 11 is 0. The fourth-order valence-corrected chi connectivity index (χ4v) is 1.33. The first kappa shape index (κ1) is 5.92. The molecule has 1 aromatic rings. The highest BCUT2D eigenvalue weighted by atomic mass is 16.5. The smallest absolute Gasteiger partial charge is 0.153 e. The third-order valence-corrected chi connectivity index (χ3v) is 1.86. The molecule has 1 atom stereocenters. The van der Waals surface area contributed by atoms with Crippen molar-refractivity contribution in [3.63, 3.8) is 0 Å². The second-order valence-electron chi connectivity index (χ2n) is 2.56. The number of rotatable bonds is 1. The van der Waals surface area contributed by atoms with Crippen LogP contribution in [0.2, 0.25) is 0 Å². The molecule has 1 aliphatic heterocycles. The molecule has 3 heteroatoms. The zero-order valence-corrected chi connectivity index (χ0v) is 5.71. The molecule has 0 aliphatic carbocycles. The summed E-state index contributed by atoms with van der Waals surface area (Å²) in [4.78, 5) is 0. The zero-order valence-electron chi connectivity index (χ0n) is 5.71. The fourth-order valence-electron chi connectivity index (χ4n) is 1.33. The average molecular weight is 138 g/mol. The van der Waals surface area contributed by atoms with E-state index in [2.05, 4.69) is 10.5 Å². The Kier molecular flexibility index (Phi) is 1.43. The van der Waals surface area contributed by atoms with Gasteiger partial charge in [0, 0.05) is 6.07 Å². The Labute approximate surface area is 59.4 Å². The third kappa shape index (κ3) is 0.926. The lowest BCUT2D eigenvalue weighted by molar-refractivity contribution is 0.351. The van der Waals surface area contributed by atoms with Gasteiger partial charge in [0.2, 0.25) is 0 Å². The van der Waals surface area contributed by atoms with Crippen LogP contribution in [-0.4, -0.2) is 11.7 Å². The first-order valence-corrected chi connectivity index (χ1v) is 3.61. The van der Waals surface area contributed by atoms with Crippen molar-refractivity contribution in [3.05, 3.63) is 18.0 Å². The molecule has 0 spiro atoms. The number of aromatic nitrogens is 1. The molecule has 10 heavy (non-hydrogen) atoms. The second-order valence-corrected chi connectivity index (χ2v) is 2.56. The maximum Gasteiger partial charge on any atom is 0.153 e. The monoisotopic (exact) mass is 138 g/mol. The summed E-state index contributed by atoms with van der Waals surface area (Å²) in [7, 11) is 0. The molecule has 0 aromatic carbocycles. The lowest BCUT2D eigenvalue weighted by atomic mass is 10.2. The van der Waals surface area contributed by atoms with Gasteiger partial charge in [0.15, 0.2) is 5.76 Å². The SMILES string of the molecule is c1cc([C@@H]2CCCN2)on1. The Morgan fingerprint density at radius 2 is 2.70 bits per heavy atom. The van der Waals surface area contributed by atoms with Crippen LogP contribution in [0.25, 0.3) is 0 Å². The molecule has 0 bridgehead atoms. The molecule has 3 nitrogen and oxygen atoms in total. The summed E-state index contributed by atoms with van der Waals surface area (Å²) in [5.74, 6) is 0.970. The van der Waals surface area contributed by atoms with Gasteiger partial charge in [-0.15, -0.1) is 0 Å². The molecule has 1 N–H and O–H groups in total. The Morgan fingerprint density at radius 3 is 3.30 bits per heavy atom. The zero-order chi connectivity index (χ0) is 6.81. The van der Waals surface area contributed by atoms with Gasteiger partial charge in [-0.3, -0.25) is 0 Å². The van der Waals surface area contributed by atoms with Crippen molar-refractivity contribution >= 4 is 0 Å². The lowest BCUT2D eigenvalue weighted by Crippen LogP contribution is -2.11. The number of hydrogen-bond donors (Lipinski definition) is 1. The quantitative estimate of drug-likeness (QED) is 0.631. The Morgan fingerprint density at radius 1 is 1.70 bits per heavy atom. The number of nitrogens with one attached hydrogen (secondary N) is 1. The van der Waals surface area contributed by atoms with Crippen LogP contribution in [0.1, 0.15) is 24.6 Å². The molecule has 0 amide bonds. The second kappa shape index (κ2) is 2.42. The summed E-state index contributed by atoms with van der Waals surface area (Å²) in [6, 6.07) is 2.34. The van der Waals surface area contributed by atoms with Gasteiger partial charge in [0.1, 0.15) is 0 Å². The Bertz CT molecular complexity index is 189. The van der Waals surface area contributed by atoms with Gasteiger partial charge in [0.05, 0.1) is 12.2 Å². The minimum atomic E-state index is 0.419.